The van der Waals surface area contributed by atoms with Crippen LogP contribution in [0.1, 0.15) is 44.9 Å². The van der Waals surface area contributed by atoms with Gasteiger partial charge in [-0.2, -0.15) is 0 Å². The van der Waals surface area contributed by atoms with Crippen LogP contribution in [0.2, 0.25) is 0 Å². The van der Waals surface area contributed by atoms with Crippen molar-refractivity contribution in [2.45, 2.75) is 44.9 Å². The first-order chi connectivity index (χ1) is 9.75. The lowest BCUT2D eigenvalue weighted by Gasteiger charge is -2.27. The van der Waals surface area contributed by atoms with Gasteiger partial charge in [-0.15, -0.1) is 0 Å². The summed E-state index contributed by atoms with van der Waals surface area (Å²) in [6.45, 7) is 3.35. The molecule has 2 amide bonds. The fourth-order valence-electron chi connectivity index (χ4n) is 3.10. The topological polar surface area (TPSA) is 61.4 Å². The number of rotatable bonds is 5. The molecule has 20 heavy (non-hydrogen) atoms. The van der Waals surface area contributed by atoms with Crippen molar-refractivity contribution in [1.82, 2.24) is 15.5 Å². The van der Waals surface area contributed by atoms with E-state index in [9.17, 15) is 9.59 Å². The van der Waals surface area contributed by atoms with Crippen molar-refractivity contribution < 1.29 is 9.59 Å². The van der Waals surface area contributed by atoms with Gasteiger partial charge in [0.25, 0.3) is 0 Å². The molecule has 0 spiro atoms. The molecule has 2 N–H and O–H groups in total. The van der Waals surface area contributed by atoms with Crippen LogP contribution in [0.4, 0.5) is 0 Å². The lowest BCUT2D eigenvalue weighted by atomic mass is 9.86. The molecule has 0 radical (unpaired) electrons. The summed E-state index contributed by atoms with van der Waals surface area (Å²) < 4.78 is 0. The van der Waals surface area contributed by atoms with Crippen LogP contribution in [0.5, 0.6) is 0 Å². The van der Waals surface area contributed by atoms with E-state index in [4.69, 9.17) is 0 Å². The highest BCUT2D eigenvalue weighted by Crippen LogP contribution is 2.27. The summed E-state index contributed by atoms with van der Waals surface area (Å²) in [6, 6.07) is 0. The van der Waals surface area contributed by atoms with Gasteiger partial charge in [0.05, 0.1) is 6.54 Å². The average molecular weight is 281 g/mol. The van der Waals surface area contributed by atoms with Crippen molar-refractivity contribution in [3.8, 4) is 0 Å². The highest BCUT2D eigenvalue weighted by Gasteiger charge is 2.18. The molecule has 5 nitrogen and oxygen atoms in total. The summed E-state index contributed by atoms with van der Waals surface area (Å²) in [5.74, 6) is 0.787. The molecule has 1 aliphatic heterocycles. The van der Waals surface area contributed by atoms with Crippen LogP contribution in [0.3, 0.4) is 0 Å². The minimum Gasteiger partial charge on any atom is -0.347 e. The Morgan fingerprint density at radius 3 is 2.50 bits per heavy atom. The van der Waals surface area contributed by atoms with E-state index < -0.39 is 0 Å². The molecular formula is C15H27N3O2. The van der Waals surface area contributed by atoms with Crippen molar-refractivity contribution >= 4 is 11.8 Å². The number of amides is 2. The molecule has 1 saturated heterocycles. The third-order valence-corrected chi connectivity index (χ3v) is 4.41. The fraction of sp³-hybridized carbons (Fsp3) is 0.867. The molecule has 1 saturated carbocycles. The first-order valence-electron chi connectivity index (χ1n) is 8.01. The number of carbonyl (C=O) groups is 2. The number of nitrogens with one attached hydrogen (secondary N) is 2. The maximum Gasteiger partial charge on any atom is 0.242 e. The SMILES string of the molecule is O=C(CCC1CCCCC1)NCC(=O)N1CCNCC1. The van der Waals surface area contributed by atoms with Crippen LogP contribution in [0.25, 0.3) is 0 Å². The van der Waals surface area contributed by atoms with Crippen molar-refractivity contribution in [2.24, 2.45) is 5.92 Å². The zero-order chi connectivity index (χ0) is 14.2. The highest BCUT2D eigenvalue weighted by molar-refractivity contribution is 5.84. The number of nitrogens with zero attached hydrogens (tertiary/aromatic N) is 1. The van der Waals surface area contributed by atoms with Crippen LogP contribution in [0.15, 0.2) is 0 Å². The Morgan fingerprint density at radius 1 is 1.10 bits per heavy atom. The molecule has 1 aliphatic carbocycles. The zero-order valence-corrected chi connectivity index (χ0v) is 12.3. The summed E-state index contributed by atoms with van der Waals surface area (Å²) in [5.41, 5.74) is 0. The third kappa shape index (κ3) is 5.12. The van der Waals surface area contributed by atoms with Crippen LogP contribution in [-0.2, 0) is 9.59 Å². The largest absolute Gasteiger partial charge is 0.347 e. The van der Waals surface area contributed by atoms with E-state index >= 15 is 0 Å². The van der Waals surface area contributed by atoms with Gasteiger partial charge in [-0.25, -0.2) is 0 Å². The number of carbonyl (C=O) groups excluding carboxylic acids is 2. The van der Waals surface area contributed by atoms with Gasteiger partial charge in [0.2, 0.25) is 11.8 Å². The summed E-state index contributed by atoms with van der Waals surface area (Å²) in [7, 11) is 0. The van der Waals surface area contributed by atoms with Gasteiger partial charge in [-0.1, -0.05) is 32.1 Å². The van der Waals surface area contributed by atoms with Gasteiger partial charge < -0.3 is 15.5 Å². The van der Waals surface area contributed by atoms with Crippen LogP contribution in [0, 0.1) is 5.92 Å². The van der Waals surface area contributed by atoms with Crippen molar-refractivity contribution in [3.05, 3.63) is 0 Å². The van der Waals surface area contributed by atoms with Gasteiger partial charge >= 0.3 is 0 Å². The molecule has 1 heterocycles. The first-order valence-corrected chi connectivity index (χ1v) is 8.01. The van der Waals surface area contributed by atoms with E-state index in [0.29, 0.717) is 6.42 Å². The van der Waals surface area contributed by atoms with Crippen LogP contribution in [-0.4, -0.2) is 49.4 Å². The van der Waals surface area contributed by atoms with Gasteiger partial charge in [-0.3, -0.25) is 9.59 Å². The monoisotopic (exact) mass is 281 g/mol. The summed E-state index contributed by atoms with van der Waals surface area (Å²) in [5, 5.41) is 5.98. The van der Waals surface area contributed by atoms with Crippen LogP contribution >= 0.6 is 0 Å². The number of hydrogen-bond acceptors (Lipinski definition) is 3. The molecule has 0 aromatic carbocycles. The Bertz CT molecular complexity index is 321. The lowest BCUT2D eigenvalue weighted by molar-refractivity contribution is -0.133. The molecule has 0 unspecified atom stereocenters. The molecule has 5 heteroatoms. The predicted octanol–water partition coefficient (Wildman–Crippen LogP) is 0.895. The standard InChI is InChI=1S/C15H27N3O2/c19-14(7-6-13-4-2-1-3-5-13)17-12-15(20)18-10-8-16-9-11-18/h13,16H,1-12H2,(H,17,19). The van der Waals surface area contributed by atoms with E-state index in [1.54, 1.807) is 0 Å². The second-order valence-corrected chi connectivity index (χ2v) is 5.95. The highest BCUT2D eigenvalue weighted by atomic mass is 16.2. The third-order valence-electron chi connectivity index (χ3n) is 4.41. The average Bonchev–Trinajstić information content (AvgIpc) is 2.52. The van der Waals surface area contributed by atoms with Crippen LogP contribution < -0.4 is 10.6 Å². The quantitative estimate of drug-likeness (QED) is 0.787. The second-order valence-electron chi connectivity index (χ2n) is 5.95. The molecule has 0 atom stereocenters. The minimum absolute atomic E-state index is 0.0269. The summed E-state index contributed by atoms with van der Waals surface area (Å²) in [4.78, 5) is 25.5. The maximum absolute atomic E-state index is 11.9. The molecular weight excluding hydrogens is 254 g/mol. The summed E-state index contributed by atoms with van der Waals surface area (Å²) >= 11 is 0. The van der Waals surface area contributed by atoms with Crippen molar-refractivity contribution in [3.63, 3.8) is 0 Å². The lowest BCUT2D eigenvalue weighted by Crippen LogP contribution is -2.49. The maximum atomic E-state index is 11.9. The molecule has 114 valence electrons. The van der Waals surface area contributed by atoms with Gasteiger partial charge in [0.15, 0.2) is 0 Å². The minimum atomic E-state index is 0.0269. The second kappa shape index (κ2) is 8.25. The zero-order valence-electron chi connectivity index (χ0n) is 12.3. The molecule has 0 aromatic rings. The molecule has 2 rings (SSSR count). The Morgan fingerprint density at radius 2 is 1.80 bits per heavy atom. The Kier molecular flexibility index (Phi) is 6.30. The van der Waals surface area contributed by atoms with Crippen molar-refractivity contribution in [2.75, 3.05) is 32.7 Å². The van der Waals surface area contributed by atoms with Gasteiger partial charge in [-0.05, 0) is 12.3 Å². The fourth-order valence-corrected chi connectivity index (χ4v) is 3.10. The number of piperazine rings is 1. The Balaban J connectivity index is 1.58. The molecule has 0 aromatic heterocycles. The van der Waals surface area contributed by atoms with E-state index in [-0.39, 0.29) is 18.4 Å². The summed E-state index contributed by atoms with van der Waals surface area (Å²) in [6.07, 6.45) is 8.07. The van der Waals surface area contributed by atoms with E-state index in [1.165, 1.54) is 32.1 Å². The van der Waals surface area contributed by atoms with Crippen molar-refractivity contribution in [1.29, 1.82) is 0 Å². The van der Waals surface area contributed by atoms with Gasteiger partial charge in [0.1, 0.15) is 0 Å². The van der Waals surface area contributed by atoms with E-state index in [0.717, 1.165) is 38.5 Å². The molecule has 0 bridgehead atoms. The Labute approximate surface area is 121 Å². The number of hydrogen-bond donors (Lipinski definition) is 2. The normalized spacial score (nSPS) is 20.7. The molecule has 2 fully saturated rings. The van der Waals surface area contributed by atoms with E-state index in [1.807, 2.05) is 4.90 Å². The molecule has 2 aliphatic rings. The smallest absolute Gasteiger partial charge is 0.242 e. The Hall–Kier alpha value is -1.10. The predicted molar refractivity (Wildman–Crippen MR) is 78.3 cm³/mol. The van der Waals surface area contributed by atoms with E-state index in [2.05, 4.69) is 10.6 Å². The van der Waals surface area contributed by atoms with Gasteiger partial charge in [0, 0.05) is 32.6 Å². The first kappa shape index (κ1) is 15.3.